The van der Waals surface area contributed by atoms with Crippen molar-refractivity contribution in [2.24, 2.45) is 0 Å². The molecule has 1 aromatic rings. The van der Waals surface area contributed by atoms with Crippen LogP contribution in [0.5, 0.6) is 0 Å². The molecule has 0 aliphatic carbocycles. The molecule has 1 N–H and O–H groups in total. The molecular weight excluding hydrogens is 219 g/mol. The molecule has 16 heavy (non-hydrogen) atoms. The minimum absolute atomic E-state index is 0.199. The van der Waals surface area contributed by atoms with Crippen molar-refractivity contribution in [1.82, 2.24) is 0 Å². The number of rotatable bonds is 1. The van der Waals surface area contributed by atoms with E-state index in [0.29, 0.717) is 5.56 Å². The second-order valence-corrected chi connectivity index (χ2v) is 3.63. The Hall–Kier alpha value is -1.52. The zero-order chi connectivity index (χ0) is 12.5. The van der Waals surface area contributed by atoms with Gasteiger partial charge in [-0.1, -0.05) is 6.07 Å². The summed E-state index contributed by atoms with van der Waals surface area (Å²) in [5, 5.41) is 1.85. The van der Waals surface area contributed by atoms with Gasteiger partial charge >= 0.3 is 12.1 Å². The van der Waals surface area contributed by atoms with Gasteiger partial charge in [-0.3, -0.25) is 4.79 Å². The van der Waals surface area contributed by atoms with Gasteiger partial charge in [-0.2, -0.15) is 13.2 Å². The molecule has 0 aromatic heterocycles. The summed E-state index contributed by atoms with van der Waals surface area (Å²) in [4.78, 5) is 10.7. The minimum Gasteiger partial charge on any atom is -0.318 e. The Balaban J connectivity index is 3.00. The van der Waals surface area contributed by atoms with E-state index in [-0.39, 0.29) is 5.69 Å². The highest BCUT2D eigenvalue weighted by molar-refractivity contribution is 5.95. The fraction of sp³-hybridized carbons (Fsp3) is 0.364. The second-order valence-electron chi connectivity index (χ2n) is 3.63. The number of amides is 1. The molecule has 2 nitrogen and oxygen atoms in total. The van der Waals surface area contributed by atoms with Gasteiger partial charge in [-0.15, -0.1) is 0 Å². The first-order valence-corrected chi connectivity index (χ1v) is 4.68. The molecule has 0 aliphatic rings. The summed E-state index contributed by atoms with van der Waals surface area (Å²) in [5.41, 5.74) is 2.70. The fourth-order valence-corrected chi connectivity index (χ4v) is 1.28. The SMILES string of the molecule is Cc1ccc(NC(=O)C(F)(F)F)c(C)c1C. The van der Waals surface area contributed by atoms with Gasteiger partial charge in [-0.25, -0.2) is 0 Å². The first kappa shape index (κ1) is 12.5. The molecule has 0 saturated heterocycles. The van der Waals surface area contributed by atoms with E-state index >= 15 is 0 Å². The Bertz CT molecular complexity index is 424. The van der Waals surface area contributed by atoms with Crippen LogP contribution in [0, 0.1) is 20.8 Å². The van der Waals surface area contributed by atoms with Gasteiger partial charge in [0.05, 0.1) is 0 Å². The lowest BCUT2D eigenvalue weighted by atomic mass is 10.0. The van der Waals surface area contributed by atoms with E-state index in [1.807, 2.05) is 12.2 Å². The zero-order valence-corrected chi connectivity index (χ0v) is 9.20. The van der Waals surface area contributed by atoms with E-state index in [1.165, 1.54) is 6.07 Å². The number of hydrogen-bond acceptors (Lipinski definition) is 1. The van der Waals surface area contributed by atoms with Gasteiger partial charge in [0.25, 0.3) is 0 Å². The topological polar surface area (TPSA) is 29.1 Å². The van der Waals surface area contributed by atoms with E-state index in [2.05, 4.69) is 0 Å². The number of carbonyl (C=O) groups excluding carboxylic acids is 1. The first-order chi connectivity index (χ1) is 7.23. The predicted octanol–water partition coefficient (Wildman–Crippen LogP) is 3.11. The van der Waals surface area contributed by atoms with Crippen molar-refractivity contribution < 1.29 is 18.0 Å². The molecule has 0 saturated carbocycles. The van der Waals surface area contributed by atoms with Gasteiger partial charge in [-0.05, 0) is 43.5 Å². The normalized spacial score (nSPS) is 11.4. The monoisotopic (exact) mass is 231 g/mol. The third kappa shape index (κ3) is 2.53. The number of carbonyl (C=O) groups is 1. The second kappa shape index (κ2) is 4.15. The highest BCUT2D eigenvalue weighted by atomic mass is 19.4. The van der Waals surface area contributed by atoms with Crippen LogP contribution in [-0.2, 0) is 4.79 Å². The van der Waals surface area contributed by atoms with E-state index in [4.69, 9.17) is 0 Å². The minimum atomic E-state index is -4.86. The number of hydrogen-bond donors (Lipinski definition) is 1. The number of alkyl halides is 3. The molecule has 5 heteroatoms. The molecule has 88 valence electrons. The highest BCUT2D eigenvalue weighted by Crippen LogP contribution is 2.24. The molecule has 0 spiro atoms. The Labute approximate surface area is 91.5 Å². The van der Waals surface area contributed by atoms with Crippen LogP contribution in [0.25, 0.3) is 0 Å². The predicted molar refractivity (Wildman–Crippen MR) is 55.3 cm³/mol. The summed E-state index contributed by atoms with van der Waals surface area (Å²) < 4.78 is 36.1. The number of benzene rings is 1. The van der Waals surface area contributed by atoms with Gasteiger partial charge in [0.1, 0.15) is 0 Å². The summed E-state index contributed by atoms with van der Waals surface area (Å²) in [6.07, 6.45) is -4.86. The maximum Gasteiger partial charge on any atom is 0.471 e. The Morgan fingerprint density at radius 2 is 1.69 bits per heavy atom. The van der Waals surface area contributed by atoms with Crippen molar-refractivity contribution in [3.63, 3.8) is 0 Å². The van der Waals surface area contributed by atoms with E-state index in [9.17, 15) is 18.0 Å². The van der Waals surface area contributed by atoms with Crippen LogP contribution in [-0.4, -0.2) is 12.1 Å². The summed E-state index contributed by atoms with van der Waals surface area (Å²) in [6, 6.07) is 3.15. The Kier molecular flexibility index (Phi) is 3.26. The summed E-state index contributed by atoms with van der Waals surface area (Å²) in [5.74, 6) is -1.95. The van der Waals surface area contributed by atoms with Gasteiger partial charge in [0.15, 0.2) is 0 Å². The maximum atomic E-state index is 12.0. The third-order valence-corrected chi connectivity index (χ3v) is 2.56. The quantitative estimate of drug-likeness (QED) is 0.790. The van der Waals surface area contributed by atoms with Crippen LogP contribution < -0.4 is 5.32 Å². The molecule has 0 bridgehead atoms. The van der Waals surface area contributed by atoms with Crippen LogP contribution in [0.1, 0.15) is 16.7 Å². The van der Waals surface area contributed by atoms with Crippen LogP contribution >= 0.6 is 0 Å². The number of nitrogens with one attached hydrogen (secondary N) is 1. The van der Waals surface area contributed by atoms with Crippen molar-refractivity contribution in [2.75, 3.05) is 5.32 Å². The molecule has 0 unspecified atom stereocenters. The fourth-order valence-electron chi connectivity index (χ4n) is 1.28. The largest absolute Gasteiger partial charge is 0.471 e. The smallest absolute Gasteiger partial charge is 0.318 e. The molecule has 0 aliphatic heterocycles. The lowest BCUT2D eigenvalue weighted by Gasteiger charge is -2.13. The van der Waals surface area contributed by atoms with Gasteiger partial charge in [0, 0.05) is 5.69 Å². The van der Waals surface area contributed by atoms with Crippen LogP contribution in [0.4, 0.5) is 18.9 Å². The molecule has 0 fully saturated rings. The highest BCUT2D eigenvalue weighted by Gasteiger charge is 2.38. The van der Waals surface area contributed by atoms with Crippen LogP contribution in [0.3, 0.4) is 0 Å². The molecule has 1 rings (SSSR count). The molecule has 0 radical (unpaired) electrons. The number of anilines is 1. The number of aryl methyl sites for hydroxylation is 1. The van der Waals surface area contributed by atoms with Crippen LogP contribution in [0.2, 0.25) is 0 Å². The van der Waals surface area contributed by atoms with Crippen molar-refractivity contribution in [3.05, 3.63) is 28.8 Å². The standard InChI is InChI=1S/C11H12F3NO/c1-6-4-5-9(8(3)7(6)2)15-10(16)11(12,13)14/h4-5H,1-3H3,(H,15,16). The maximum absolute atomic E-state index is 12.0. The van der Waals surface area contributed by atoms with E-state index in [1.54, 1.807) is 19.9 Å². The van der Waals surface area contributed by atoms with Crippen LogP contribution in [0.15, 0.2) is 12.1 Å². The van der Waals surface area contributed by atoms with Crippen molar-refractivity contribution in [2.45, 2.75) is 26.9 Å². The number of halogens is 3. The Morgan fingerprint density at radius 1 is 1.12 bits per heavy atom. The van der Waals surface area contributed by atoms with Crippen molar-refractivity contribution >= 4 is 11.6 Å². The summed E-state index contributed by atoms with van der Waals surface area (Å²) in [7, 11) is 0. The molecule has 0 atom stereocenters. The van der Waals surface area contributed by atoms with Crippen molar-refractivity contribution in [3.8, 4) is 0 Å². The van der Waals surface area contributed by atoms with E-state index in [0.717, 1.165) is 11.1 Å². The van der Waals surface area contributed by atoms with Crippen molar-refractivity contribution in [1.29, 1.82) is 0 Å². The third-order valence-electron chi connectivity index (χ3n) is 2.56. The average Bonchev–Trinajstić information content (AvgIpc) is 2.17. The lowest BCUT2D eigenvalue weighted by molar-refractivity contribution is -0.167. The molecule has 1 amide bonds. The van der Waals surface area contributed by atoms with E-state index < -0.39 is 12.1 Å². The molecule has 0 heterocycles. The molecule has 1 aromatic carbocycles. The summed E-state index contributed by atoms with van der Waals surface area (Å²) in [6.45, 7) is 5.33. The average molecular weight is 231 g/mol. The summed E-state index contributed by atoms with van der Waals surface area (Å²) >= 11 is 0. The van der Waals surface area contributed by atoms with Gasteiger partial charge < -0.3 is 5.32 Å². The molecular formula is C11H12F3NO. The Morgan fingerprint density at radius 3 is 2.19 bits per heavy atom. The van der Waals surface area contributed by atoms with Gasteiger partial charge in [0.2, 0.25) is 0 Å². The zero-order valence-electron chi connectivity index (χ0n) is 9.20. The first-order valence-electron chi connectivity index (χ1n) is 4.68. The lowest BCUT2D eigenvalue weighted by Crippen LogP contribution is -2.30.